The van der Waals surface area contributed by atoms with Crippen LogP contribution in [0.15, 0.2) is 47.9 Å². The highest BCUT2D eigenvalue weighted by Gasteiger charge is 2.19. The molecule has 0 fully saturated rings. The molecule has 0 unspecified atom stereocenters. The molecule has 5 nitrogen and oxygen atoms in total. The summed E-state index contributed by atoms with van der Waals surface area (Å²) >= 11 is 0. The van der Waals surface area contributed by atoms with E-state index in [1.165, 1.54) is 12.3 Å². The molecule has 0 bridgehead atoms. The molecule has 2 aromatic heterocycles. The first-order valence-corrected chi connectivity index (χ1v) is 6.57. The summed E-state index contributed by atoms with van der Waals surface area (Å²) in [6.07, 6.45) is 4.51. The largest absolute Gasteiger partial charge is 0.396 e. The minimum absolute atomic E-state index is 0.0724. The Morgan fingerprint density at radius 2 is 1.82 bits per heavy atom. The van der Waals surface area contributed by atoms with Gasteiger partial charge in [0.05, 0.1) is 11.4 Å². The Kier molecular flexibility index (Phi) is 3.06. The highest BCUT2D eigenvalue weighted by atomic mass is 32.2. The summed E-state index contributed by atoms with van der Waals surface area (Å²) in [5.41, 5.74) is 6.43. The standard InChI is InChI=1S/C11H11N3O2S/c12-10-2-1-5-14-11(10)17(15,16)8-9-3-6-13-7-4-9/h1-7H,8,12H2. The Balaban J connectivity index is 2.36. The molecule has 2 N–H and O–H groups in total. The van der Waals surface area contributed by atoms with Gasteiger partial charge in [-0.05, 0) is 29.8 Å². The van der Waals surface area contributed by atoms with E-state index in [0.717, 1.165) is 0 Å². The second-order valence-corrected chi connectivity index (χ2v) is 5.42. The van der Waals surface area contributed by atoms with Crippen molar-refractivity contribution in [1.29, 1.82) is 0 Å². The summed E-state index contributed by atoms with van der Waals surface area (Å²) in [6, 6.07) is 6.42. The van der Waals surface area contributed by atoms with Crippen LogP contribution in [0.3, 0.4) is 0 Å². The molecule has 0 aromatic carbocycles. The monoisotopic (exact) mass is 249 g/mol. The number of rotatable bonds is 3. The fourth-order valence-electron chi connectivity index (χ4n) is 1.43. The molecule has 17 heavy (non-hydrogen) atoms. The van der Waals surface area contributed by atoms with Crippen molar-refractivity contribution < 1.29 is 8.42 Å². The molecule has 0 spiro atoms. The van der Waals surface area contributed by atoms with Crippen LogP contribution in [0.1, 0.15) is 5.56 Å². The Bertz CT molecular complexity index is 612. The van der Waals surface area contributed by atoms with Gasteiger partial charge in [0.25, 0.3) is 0 Å². The van der Waals surface area contributed by atoms with Crippen LogP contribution in [0, 0.1) is 0 Å². The molecule has 0 amide bonds. The molecular formula is C11H11N3O2S. The lowest BCUT2D eigenvalue weighted by atomic mass is 10.3. The predicted octanol–water partition coefficient (Wildman–Crippen LogP) is 1.03. The molecule has 0 radical (unpaired) electrons. The number of pyridine rings is 2. The second-order valence-electron chi connectivity index (χ2n) is 3.51. The Morgan fingerprint density at radius 3 is 2.47 bits per heavy atom. The third-order valence-corrected chi connectivity index (χ3v) is 3.84. The van der Waals surface area contributed by atoms with Crippen LogP contribution in [-0.4, -0.2) is 18.4 Å². The molecule has 0 aliphatic heterocycles. The van der Waals surface area contributed by atoms with Gasteiger partial charge in [0.15, 0.2) is 5.03 Å². The van der Waals surface area contributed by atoms with Gasteiger partial charge in [-0.15, -0.1) is 0 Å². The van der Waals surface area contributed by atoms with Crippen molar-refractivity contribution in [3.05, 3.63) is 48.4 Å². The number of aromatic nitrogens is 2. The summed E-state index contributed by atoms with van der Waals surface area (Å²) in [4.78, 5) is 7.65. The first-order valence-electron chi connectivity index (χ1n) is 4.92. The van der Waals surface area contributed by atoms with Gasteiger partial charge in [0.1, 0.15) is 0 Å². The third-order valence-electron chi connectivity index (χ3n) is 2.20. The Morgan fingerprint density at radius 1 is 1.12 bits per heavy atom. The molecule has 0 atom stereocenters. The maximum atomic E-state index is 12.1. The van der Waals surface area contributed by atoms with E-state index in [4.69, 9.17) is 5.73 Å². The molecule has 0 aliphatic carbocycles. The van der Waals surface area contributed by atoms with Crippen LogP contribution >= 0.6 is 0 Å². The maximum absolute atomic E-state index is 12.1. The van der Waals surface area contributed by atoms with Gasteiger partial charge >= 0.3 is 0 Å². The van der Waals surface area contributed by atoms with E-state index in [1.807, 2.05) is 0 Å². The average molecular weight is 249 g/mol. The molecule has 0 aliphatic rings. The molecule has 2 rings (SSSR count). The highest BCUT2D eigenvalue weighted by Crippen LogP contribution is 2.19. The van der Waals surface area contributed by atoms with Crippen molar-refractivity contribution in [2.45, 2.75) is 10.8 Å². The van der Waals surface area contributed by atoms with Crippen LogP contribution in [-0.2, 0) is 15.6 Å². The zero-order chi connectivity index (χ0) is 12.3. The topological polar surface area (TPSA) is 85.9 Å². The summed E-state index contributed by atoms with van der Waals surface area (Å²) < 4.78 is 24.1. The van der Waals surface area contributed by atoms with Gasteiger partial charge in [-0.1, -0.05) is 0 Å². The number of sulfone groups is 1. The first-order chi connectivity index (χ1) is 8.09. The van der Waals surface area contributed by atoms with Crippen molar-refractivity contribution in [3.63, 3.8) is 0 Å². The maximum Gasteiger partial charge on any atom is 0.201 e. The predicted molar refractivity (Wildman–Crippen MR) is 63.8 cm³/mol. The molecule has 0 saturated heterocycles. The van der Waals surface area contributed by atoms with Crippen molar-refractivity contribution >= 4 is 15.5 Å². The summed E-state index contributed by atoms with van der Waals surface area (Å²) in [5.74, 6) is -0.128. The molecule has 88 valence electrons. The van der Waals surface area contributed by atoms with Crippen molar-refractivity contribution in [3.8, 4) is 0 Å². The van der Waals surface area contributed by atoms with Crippen LogP contribution in [0.25, 0.3) is 0 Å². The van der Waals surface area contributed by atoms with E-state index in [9.17, 15) is 8.42 Å². The van der Waals surface area contributed by atoms with E-state index in [0.29, 0.717) is 5.56 Å². The summed E-state index contributed by atoms with van der Waals surface area (Å²) in [6.45, 7) is 0. The molecule has 2 aromatic rings. The van der Waals surface area contributed by atoms with Gasteiger partial charge < -0.3 is 5.73 Å². The van der Waals surface area contributed by atoms with E-state index < -0.39 is 9.84 Å². The third kappa shape index (κ3) is 2.59. The average Bonchev–Trinajstić information content (AvgIpc) is 2.30. The number of nitrogens with zero attached hydrogens (tertiary/aromatic N) is 2. The molecular weight excluding hydrogens is 238 g/mol. The lowest BCUT2D eigenvalue weighted by Gasteiger charge is -2.05. The molecule has 6 heteroatoms. The number of hydrogen-bond donors (Lipinski definition) is 1. The van der Waals surface area contributed by atoms with E-state index in [1.54, 1.807) is 30.6 Å². The fourth-order valence-corrected chi connectivity index (χ4v) is 2.85. The normalized spacial score (nSPS) is 11.3. The Hall–Kier alpha value is -1.95. The lowest BCUT2D eigenvalue weighted by Crippen LogP contribution is -2.09. The van der Waals surface area contributed by atoms with E-state index in [-0.39, 0.29) is 16.5 Å². The number of anilines is 1. The zero-order valence-electron chi connectivity index (χ0n) is 8.95. The number of nitrogens with two attached hydrogens (primary N) is 1. The van der Waals surface area contributed by atoms with Crippen LogP contribution in [0.5, 0.6) is 0 Å². The first kappa shape index (κ1) is 11.5. The number of hydrogen-bond acceptors (Lipinski definition) is 5. The van der Waals surface area contributed by atoms with E-state index >= 15 is 0 Å². The van der Waals surface area contributed by atoms with Crippen molar-refractivity contribution in [2.24, 2.45) is 0 Å². The fraction of sp³-hybridized carbons (Fsp3) is 0.0909. The van der Waals surface area contributed by atoms with Gasteiger partial charge in [-0.2, -0.15) is 0 Å². The highest BCUT2D eigenvalue weighted by molar-refractivity contribution is 7.90. The SMILES string of the molecule is Nc1cccnc1S(=O)(=O)Cc1ccncc1. The smallest absolute Gasteiger partial charge is 0.201 e. The van der Waals surface area contributed by atoms with Gasteiger partial charge in [0, 0.05) is 18.6 Å². The quantitative estimate of drug-likeness (QED) is 0.878. The van der Waals surface area contributed by atoms with Crippen LogP contribution < -0.4 is 5.73 Å². The van der Waals surface area contributed by atoms with E-state index in [2.05, 4.69) is 9.97 Å². The van der Waals surface area contributed by atoms with Crippen LogP contribution in [0.4, 0.5) is 5.69 Å². The van der Waals surface area contributed by atoms with Crippen molar-refractivity contribution in [1.82, 2.24) is 9.97 Å². The van der Waals surface area contributed by atoms with Gasteiger partial charge in [-0.3, -0.25) is 4.98 Å². The zero-order valence-corrected chi connectivity index (χ0v) is 9.76. The second kappa shape index (κ2) is 4.50. The van der Waals surface area contributed by atoms with Gasteiger partial charge in [-0.25, -0.2) is 13.4 Å². The summed E-state index contributed by atoms with van der Waals surface area (Å²) in [5, 5.41) is -0.0724. The Labute approximate surface area is 99.3 Å². The lowest BCUT2D eigenvalue weighted by molar-refractivity contribution is 0.592. The number of nitrogen functional groups attached to an aromatic ring is 1. The van der Waals surface area contributed by atoms with Crippen LogP contribution in [0.2, 0.25) is 0 Å². The molecule has 2 heterocycles. The minimum atomic E-state index is -3.51. The minimum Gasteiger partial charge on any atom is -0.396 e. The van der Waals surface area contributed by atoms with Gasteiger partial charge in [0.2, 0.25) is 9.84 Å². The van der Waals surface area contributed by atoms with Crippen molar-refractivity contribution in [2.75, 3.05) is 5.73 Å². The molecule has 0 saturated carbocycles. The summed E-state index contributed by atoms with van der Waals surface area (Å²) in [7, 11) is -3.51.